The van der Waals surface area contributed by atoms with Gasteiger partial charge in [-0.1, -0.05) is 27.2 Å². The summed E-state index contributed by atoms with van der Waals surface area (Å²) in [6, 6.07) is 0. The smallest absolute Gasteiger partial charge is 0.400 e. The van der Waals surface area contributed by atoms with Crippen LogP contribution in [0.1, 0.15) is 73.2 Å². The van der Waals surface area contributed by atoms with E-state index in [1.165, 1.54) is 0 Å². The number of alkyl halides is 3. The monoisotopic (exact) mass is 389 g/mol. The SMILES string of the molecule is Cc1nc(C2(C(F)(F)F)CC2)sc1C(=O)O[C@@H]1C[C@H](C)CC[C@H]1C(C)C. The second-order valence-electron chi connectivity index (χ2n) is 8.28. The molecule has 3 atom stereocenters. The number of thiazole rings is 1. The molecular formula is C19H26F3NO2S. The molecule has 3 nitrogen and oxygen atoms in total. The van der Waals surface area contributed by atoms with E-state index in [1.807, 2.05) is 0 Å². The van der Waals surface area contributed by atoms with Crippen LogP contribution in [0.25, 0.3) is 0 Å². The predicted octanol–water partition coefficient (Wildman–Crippen LogP) is 5.66. The molecule has 1 heterocycles. The fourth-order valence-electron chi connectivity index (χ4n) is 3.98. The Bertz CT molecular complexity index is 679. The van der Waals surface area contributed by atoms with Gasteiger partial charge in [-0.15, -0.1) is 11.3 Å². The maximum absolute atomic E-state index is 13.3. The number of carbonyl (C=O) groups excluding carboxylic acids is 1. The summed E-state index contributed by atoms with van der Waals surface area (Å²) in [7, 11) is 0. The van der Waals surface area contributed by atoms with Crippen molar-refractivity contribution in [2.75, 3.05) is 0 Å². The molecule has 0 aromatic carbocycles. The Balaban J connectivity index is 1.78. The van der Waals surface area contributed by atoms with Gasteiger partial charge < -0.3 is 4.74 Å². The molecule has 2 fully saturated rings. The lowest BCUT2D eigenvalue weighted by Crippen LogP contribution is -2.35. The Morgan fingerprint density at radius 3 is 2.50 bits per heavy atom. The van der Waals surface area contributed by atoms with Gasteiger partial charge >= 0.3 is 12.1 Å². The lowest BCUT2D eigenvalue weighted by molar-refractivity contribution is -0.160. The number of aromatic nitrogens is 1. The van der Waals surface area contributed by atoms with Crippen LogP contribution in [-0.4, -0.2) is 23.2 Å². The highest BCUT2D eigenvalue weighted by atomic mass is 32.1. The van der Waals surface area contributed by atoms with E-state index in [4.69, 9.17) is 4.74 Å². The minimum atomic E-state index is -4.32. The molecule has 0 bridgehead atoms. The number of esters is 1. The van der Waals surface area contributed by atoms with E-state index >= 15 is 0 Å². The van der Waals surface area contributed by atoms with Crippen molar-refractivity contribution in [3.05, 3.63) is 15.6 Å². The van der Waals surface area contributed by atoms with E-state index in [0.29, 0.717) is 23.4 Å². The Hall–Kier alpha value is -1.11. The van der Waals surface area contributed by atoms with Crippen molar-refractivity contribution in [2.45, 2.75) is 77.5 Å². The van der Waals surface area contributed by atoms with Crippen LogP contribution in [0.2, 0.25) is 0 Å². The minimum absolute atomic E-state index is 0.00636. The van der Waals surface area contributed by atoms with Gasteiger partial charge in [-0.25, -0.2) is 9.78 Å². The summed E-state index contributed by atoms with van der Waals surface area (Å²) >= 11 is 0.857. The fourth-order valence-corrected chi connectivity index (χ4v) is 5.19. The molecule has 0 saturated heterocycles. The average molecular weight is 389 g/mol. The Kier molecular flexibility index (Phi) is 5.14. The zero-order valence-electron chi connectivity index (χ0n) is 15.7. The molecule has 26 heavy (non-hydrogen) atoms. The first-order valence-electron chi connectivity index (χ1n) is 9.31. The number of rotatable bonds is 4. The molecule has 1 aromatic rings. The highest BCUT2D eigenvalue weighted by molar-refractivity contribution is 7.14. The second kappa shape index (κ2) is 6.80. The standard InChI is InChI=1S/C19H26F3NO2S/c1-10(2)13-6-5-11(3)9-14(13)25-16(24)15-12(4)23-17(26-15)18(7-8-18)19(20,21)22/h10-11,13-14H,5-9H2,1-4H3/t11-,13+,14-/m1/s1. The first-order chi connectivity index (χ1) is 12.0. The van der Waals surface area contributed by atoms with Crippen molar-refractivity contribution in [3.8, 4) is 0 Å². The van der Waals surface area contributed by atoms with Crippen LogP contribution < -0.4 is 0 Å². The molecule has 0 amide bonds. The quantitative estimate of drug-likeness (QED) is 0.624. The van der Waals surface area contributed by atoms with Crippen LogP contribution in [0.3, 0.4) is 0 Å². The Morgan fingerprint density at radius 2 is 1.96 bits per heavy atom. The van der Waals surface area contributed by atoms with Gasteiger partial charge in [0.15, 0.2) is 0 Å². The van der Waals surface area contributed by atoms with Crippen LogP contribution >= 0.6 is 11.3 Å². The van der Waals surface area contributed by atoms with E-state index in [1.54, 1.807) is 6.92 Å². The highest BCUT2D eigenvalue weighted by Gasteiger charge is 2.66. The summed E-state index contributed by atoms with van der Waals surface area (Å²) < 4.78 is 45.8. The molecule has 1 aromatic heterocycles. The maximum atomic E-state index is 13.3. The average Bonchev–Trinajstić information content (AvgIpc) is 3.25. The van der Waals surface area contributed by atoms with Gasteiger partial charge in [-0.2, -0.15) is 13.2 Å². The van der Waals surface area contributed by atoms with Crippen LogP contribution in [0, 0.1) is 24.7 Å². The van der Waals surface area contributed by atoms with Gasteiger partial charge in [-0.3, -0.25) is 0 Å². The van der Waals surface area contributed by atoms with E-state index in [9.17, 15) is 18.0 Å². The van der Waals surface area contributed by atoms with E-state index in [-0.39, 0.29) is 28.8 Å². The minimum Gasteiger partial charge on any atom is -0.458 e. The second-order valence-corrected chi connectivity index (χ2v) is 9.28. The molecule has 0 spiro atoms. The number of ether oxygens (including phenoxy) is 1. The largest absolute Gasteiger partial charge is 0.458 e. The number of nitrogens with zero attached hydrogens (tertiary/aromatic N) is 1. The zero-order valence-corrected chi connectivity index (χ0v) is 16.5. The first-order valence-corrected chi connectivity index (χ1v) is 10.1. The van der Waals surface area contributed by atoms with Crippen LogP contribution in [-0.2, 0) is 10.2 Å². The third-order valence-electron chi connectivity index (χ3n) is 5.90. The fraction of sp³-hybridized carbons (Fsp3) is 0.789. The molecule has 0 aliphatic heterocycles. The van der Waals surface area contributed by atoms with Crippen LogP contribution in [0.4, 0.5) is 13.2 Å². The van der Waals surface area contributed by atoms with Gasteiger partial charge in [0.2, 0.25) is 0 Å². The topological polar surface area (TPSA) is 39.2 Å². The third kappa shape index (κ3) is 3.51. The van der Waals surface area contributed by atoms with Crippen molar-refractivity contribution < 1.29 is 22.7 Å². The molecular weight excluding hydrogens is 363 g/mol. The van der Waals surface area contributed by atoms with Crippen molar-refractivity contribution >= 4 is 17.3 Å². The summed E-state index contributed by atoms with van der Waals surface area (Å²) in [5.74, 6) is 0.668. The summed E-state index contributed by atoms with van der Waals surface area (Å²) in [5.41, 5.74) is -1.50. The molecule has 7 heteroatoms. The summed E-state index contributed by atoms with van der Waals surface area (Å²) in [4.78, 5) is 17.0. The summed E-state index contributed by atoms with van der Waals surface area (Å²) in [5, 5.41) is 0.00636. The summed E-state index contributed by atoms with van der Waals surface area (Å²) in [6.45, 7) is 7.98. The van der Waals surface area contributed by atoms with Crippen molar-refractivity contribution in [3.63, 3.8) is 0 Å². The maximum Gasteiger partial charge on any atom is 0.400 e. The zero-order chi connectivity index (χ0) is 19.3. The lowest BCUT2D eigenvalue weighted by atomic mass is 9.75. The Labute approximate surface area is 156 Å². The Morgan fingerprint density at radius 1 is 1.31 bits per heavy atom. The van der Waals surface area contributed by atoms with Gasteiger partial charge in [0.1, 0.15) is 21.4 Å². The van der Waals surface area contributed by atoms with Crippen LogP contribution in [0.5, 0.6) is 0 Å². The van der Waals surface area contributed by atoms with E-state index < -0.39 is 17.6 Å². The molecule has 2 aliphatic rings. The lowest BCUT2D eigenvalue weighted by Gasteiger charge is -2.36. The molecule has 2 aliphatic carbocycles. The number of hydrogen-bond acceptors (Lipinski definition) is 4. The highest BCUT2D eigenvalue weighted by Crippen LogP contribution is 2.59. The third-order valence-corrected chi connectivity index (χ3v) is 7.25. The van der Waals surface area contributed by atoms with Gasteiger partial charge in [0.25, 0.3) is 0 Å². The molecule has 3 rings (SSSR count). The number of aryl methyl sites for hydroxylation is 1. The molecule has 2 saturated carbocycles. The molecule has 0 radical (unpaired) electrons. The normalized spacial score (nSPS) is 28.2. The van der Waals surface area contributed by atoms with Crippen molar-refractivity contribution in [1.29, 1.82) is 0 Å². The molecule has 0 N–H and O–H groups in total. The van der Waals surface area contributed by atoms with E-state index in [0.717, 1.165) is 30.6 Å². The van der Waals surface area contributed by atoms with Gasteiger partial charge in [-0.05, 0) is 50.4 Å². The molecule has 146 valence electrons. The predicted molar refractivity (Wildman–Crippen MR) is 94.4 cm³/mol. The number of halogens is 3. The van der Waals surface area contributed by atoms with Crippen molar-refractivity contribution in [2.24, 2.45) is 17.8 Å². The molecule has 0 unspecified atom stereocenters. The van der Waals surface area contributed by atoms with Gasteiger partial charge in [0, 0.05) is 0 Å². The first kappa shape index (κ1) is 19.6. The number of carbonyl (C=O) groups is 1. The number of hydrogen-bond donors (Lipinski definition) is 0. The van der Waals surface area contributed by atoms with Crippen LogP contribution in [0.15, 0.2) is 0 Å². The van der Waals surface area contributed by atoms with E-state index in [2.05, 4.69) is 25.8 Å². The summed E-state index contributed by atoms with van der Waals surface area (Å²) in [6.07, 6.45) is -1.45. The van der Waals surface area contributed by atoms with Crippen molar-refractivity contribution in [1.82, 2.24) is 4.98 Å². The van der Waals surface area contributed by atoms with Gasteiger partial charge in [0.05, 0.1) is 5.69 Å².